The molecule has 6 heteroatoms. The van der Waals surface area contributed by atoms with E-state index in [-0.39, 0.29) is 11.8 Å². The maximum Gasteiger partial charge on any atom is 0.308 e. The van der Waals surface area contributed by atoms with Crippen LogP contribution in [0.25, 0.3) is 21.9 Å². The molecule has 1 saturated heterocycles. The van der Waals surface area contributed by atoms with E-state index >= 15 is 0 Å². The summed E-state index contributed by atoms with van der Waals surface area (Å²) in [5.74, 6) is 0.782. The number of piperidine rings is 1. The van der Waals surface area contributed by atoms with Gasteiger partial charge in [-0.1, -0.05) is 30.3 Å². The summed E-state index contributed by atoms with van der Waals surface area (Å²) >= 11 is 0. The quantitative estimate of drug-likeness (QED) is 0.374. The highest BCUT2D eigenvalue weighted by Gasteiger charge is 2.34. The van der Waals surface area contributed by atoms with E-state index in [0.717, 1.165) is 65.6 Å². The van der Waals surface area contributed by atoms with Gasteiger partial charge in [0, 0.05) is 17.3 Å². The second-order valence-electron chi connectivity index (χ2n) is 9.23. The molecule has 3 heterocycles. The van der Waals surface area contributed by atoms with Crippen LogP contribution in [-0.2, 0) is 17.8 Å². The summed E-state index contributed by atoms with van der Waals surface area (Å²) in [7, 11) is 1.65. The first-order chi connectivity index (χ1) is 16.6. The van der Waals surface area contributed by atoms with E-state index in [1.54, 1.807) is 13.3 Å². The fourth-order valence-electron chi connectivity index (χ4n) is 5.25. The first-order valence-electron chi connectivity index (χ1n) is 11.9. The van der Waals surface area contributed by atoms with Gasteiger partial charge < -0.3 is 14.3 Å². The highest BCUT2D eigenvalue weighted by molar-refractivity contribution is 5.83. The number of aryl methyl sites for hydroxylation is 1. The third kappa shape index (κ3) is 4.77. The molecule has 0 aliphatic carbocycles. The van der Waals surface area contributed by atoms with Crippen LogP contribution in [0.2, 0.25) is 0 Å². The van der Waals surface area contributed by atoms with Gasteiger partial charge in [0.25, 0.3) is 0 Å². The number of carbonyl (C=O) groups is 1. The molecule has 4 aromatic rings. The van der Waals surface area contributed by atoms with Crippen molar-refractivity contribution in [3.05, 3.63) is 72.1 Å². The number of rotatable bonds is 8. The normalized spacial score (nSPS) is 19.0. The molecule has 6 nitrogen and oxygen atoms in total. The minimum Gasteiger partial charge on any atom is -0.495 e. The molecule has 176 valence electrons. The molecule has 2 atom stereocenters. The van der Waals surface area contributed by atoms with Crippen molar-refractivity contribution in [3.8, 4) is 5.75 Å². The Labute approximate surface area is 199 Å². The van der Waals surface area contributed by atoms with Gasteiger partial charge in [0.15, 0.2) is 0 Å². The summed E-state index contributed by atoms with van der Waals surface area (Å²) in [6.07, 6.45) is 5.39. The lowest BCUT2D eigenvalue weighted by Crippen LogP contribution is -2.43. The van der Waals surface area contributed by atoms with Crippen LogP contribution < -0.4 is 4.74 Å². The molecule has 0 saturated carbocycles. The van der Waals surface area contributed by atoms with Crippen molar-refractivity contribution in [3.63, 3.8) is 0 Å². The van der Waals surface area contributed by atoms with Crippen LogP contribution in [0.3, 0.4) is 0 Å². The van der Waals surface area contributed by atoms with Crippen molar-refractivity contribution in [1.82, 2.24) is 9.88 Å². The zero-order valence-corrected chi connectivity index (χ0v) is 19.4. The molecule has 0 radical (unpaired) electrons. The molecule has 2 aromatic heterocycles. The Morgan fingerprint density at radius 2 is 2.09 bits per heavy atom. The second-order valence-corrected chi connectivity index (χ2v) is 9.23. The van der Waals surface area contributed by atoms with Gasteiger partial charge in [0.1, 0.15) is 17.1 Å². The summed E-state index contributed by atoms with van der Waals surface area (Å²) < 4.78 is 11.3. The van der Waals surface area contributed by atoms with E-state index in [4.69, 9.17) is 9.15 Å². The molecular weight excluding hydrogens is 428 g/mol. The van der Waals surface area contributed by atoms with E-state index in [1.165, 1.54) is 5.56 Å². The number of para-hydroxylation sites is 1. The third-order valence-corrected chi connectivity index (χ3v) is 7.06. The summed E-state index contributed by atoms with van der Waals surface area (Å²) in [5, 5.41) is 12.1. The topological polar surface area (TPSA) is 75.8 Å². The maximum atomic E-state index is 12.1. The number of hydrogen-bond acceptors (Lipinski definition) is 5. The molecule has 0 spiro atoms. The standard InChI is InChI=1S/C28H30N2O4/c1-33-22-15-24-19(9-5-10-26(24)29-16-22)7-4-8-20-12-13-30(18-25(20)28(31)32)17-23-14-21-6-2-3-11-27(21)34-23/h2-3,5-6,9-11,14-16,20,25H,4,7-8,12-13,17-18H2,1H3,(H,31,32). The average Bonchev–Trinajstić information content (AvgIpc) is 3.26. The molecule has 0 amide bonds. The molecule has 2 aromatic carbocycles. The Hall–Kier alpha value is -3.38. The van der Waals surface area contributed by atoms with Gasteiger partial charge >= 0.3 is 5.97 Å². The minimum absolute atomic E-state index is 0.187. The molecule has 1 aliphatic rings. The third-order valence-electron chi connectivity index (χ3n) is 7.06. The number of methoxy groups -OCH3 is 1. The van der Waals surface area contributed by atoms with Crippen LogP contribution in [0.15, 0.2) is 65.2 Å². The highest BCUT2D eigenvalue weighted by Crippen LogP contribution is 2.31. The average molecular weight is 459 g/mol. The first kappa shape index (κ1) is 22.4. The predicted molar refractivity (Wildman–Crippen MR) is 132 cm³/mol. The number of aromatic nitrogens is 1. The van der Waals surface area contributed by atoms with Crippen molar-refractivity contribution < 1.29 is 19.1 Å². The summed E-state index contributed by atoms with van der Waals surface area (Å²) in [6.45, 7) is 2.10. The number of ether oxygens (including phenoxy) is 1. The molecule has 2 unspecified atom stereocenters. The van der Waals surface area contributed by atoms with E-state index in [2.05, 4.69) is 22.0 Å². The van der Waals surface area contributed by atoms with Gasteiger partial charge in [-0.25, -0.2) is 0 Å². The van der Waals surface area contributed by atoms with Crippen molar-refractivity contribution >= 4 is 27.8 Å². The number of carboxylic acid groups (broad SMARTS) is 1. The summed E-state index contributed by atoms with van der Waals surface area (Å²) in [5.41, 5.74) is 3.07. The number of furan rings is 1. The van der Waals surface area contributed by atoms with Crippen molar-refractivity contribution in [2.24, 2.45) is 11.8 Å². The molecule has 0 bridgehead atoms. The van der Waals surface area contributed by atoms with Crippen LogP contribution in [0.5, 0.6) is 5.75 Å². The molecule has 5 rings (SSSR count). The highest BCUT2D eigenvalue weighted by atomic mass is 16.5. The Morgan fingerprint density at radius 1 is 1.21 bits per heavy atom. The number of pyridine rings is 1. The Kier molecular flexibility index (Phi) is 6.50. The lowest BCUT2D eigenvalue weighted by atomic mass is 9.81. The number of likely N-dealkylation sites (tertiary alicyclic amines) is 1. The van der Waals surface area contributed by atoms with Gasteiger partial charge in [-0.2, -0.15) is 0 Å². The predicted octanol–water partition coefficient (Wildman–Crippen LogP) is 5.54. The van der Waals surface area contributed by atoms with E-state index in [0.29, 0.717) is 13.1 Å². The van der Waals surface area contributed by atoms with Crippen LogP contribution >= 0.6 is 0 Å². The molecule has 1 fully saturated rings. The van der Waals surface area contributed by atoms with Crippen molar-refractivity contribution in [2.45, 2.75) is 32.2 Å². The van der Waals surface area contributed by atoms with Gasteiger partial charge in [-0.3, -0.25) is 14.7 Å². The number of hydrogen-bond donors (Lipinski definition) is 1. The smallest absolute Gasteiger partial charge is 0.308 e. The zero-order valence-electron chi connectivity index (χ0n) is 19.4. The number of aliphatic carboxylic acids is 1. The lowest BCUT2D eigenvalue weighted by molar-refractivity contribution is -0.146. The number of carboxylic acids is 1. The molecule has 1 N–H and O–H groups in total. The van der Waals surface area contributed by atoms with Gasteiger partial charge in [-0.15, -0.1) is 0 Å². The number of benzene rings is 2. The SMILES string of the molecule is COc1cnc2cccc(CCCC3CCN(Cc4cc5ccccc5o4)CC3C(=O)O)c2c1. The number of fused-ring (bicyclic) bond motifs is 2. The molecule has 34 heavy (non-hydrogen) atoms. The van der Waals surface area contributed by atoms with Crippen molar-refractivity contribution in [1.29, 1.82) is 0 Å². The van der Waals surface area contributed by atoms with Gasteiger partial charge in [-0.05, 0) is 68.0 Å². The molecule has 1 aliphatic heterocycles. The van der Waals surface area contributed by atoms with Crippen molar-refractivity contribution in [2.75, 3.05) is 20.2 Å². The van der Waals surface area contributed by atoms with Gasteiger partial charge in [0.2, 0.25) is 0 Å². The Bertz CT molecular complexity index is 1270. The zero-order chi connectivity index (χ0) is 23.5. The maximum absolute atomic E-state index is 12.1. The largest absolute Gasteiger partial charge is 0.495 e. The van der Waals surface area contributed by atoms with Crippen LogP contribution in [0, 0.1) is 11.8 Å². The lowest BCUT2D eigenvalue weighted by Gasteiger charge is -2.36. The summed E-state index contributed by atoms with van der Waals surface area (Å²) in [6, 6.07) is 18.2. The fourth-order valence-corrected chi connectivity index (χ4v) is 5.25. The summed E-state index contributed by atoms with van der Waals surface area (Å²) in [4.78, 5) is 18.8. The second kappa shape index (κ2) is 9.85. The fraction of sp³-hybridized carbons (Fsp3) is 0.357. The van der Waals surface area contributed by atoms with Crippen LogP contribution in [0.4, 0.5) is 0 Å². The number of nitrogens with zero attached hydrogens (tertiary/aromatic N) is 2. The monoisotopic (exact) mass is 458 g/mol. The van der Waals surface area contributed by atoms with E-state index in [9.17, 15) is 9.90 Å². The van der Waals surface area contributed by atoms with Gasteiger partial charge in [0.05, 0.1) is 31.3 Å². The van der Waals surface area contributed by atoms with Crippen LogP contribution in [0.1, 0.15) is 30.6 Å². The Morgan fingerprint density at radius 3 is 2.91 bits per heavy atom. The Balaban J connectivity index is 1.21. The van der Waals surface area contributed by atoms with E-state index in [1.807, 2.05) is 42.5 Å². The van der Waals surface area contributed by atoms with Crippen LogP contribution in [-0.4, -0.2) is 41.2 Å². The minimum atomic E-state index is -0.696. The molecular formula is C28H30N2O4. The van der Waals surface area contributed by atoms with E-state index < -0.39 is 5.97 Å². The first-order valence-corrected chi connectivity index (χ1v) is 11.9.